The van der Waals surface area contributed by atoms with Crippen LogP contribution in [0.2, 0.25) is 0 Å². The lowest BCUT2D eigenvalue weighted by Gasteiger charge is -2.10. The fourth-order valence-electron chi connectivity index (χ4n) is 2.25. The Labute approximate surface area is 154 Å². The first-order valence-electron chi connectivity index (χ1n) is 8.17. The Balaban J connectivity index is 1.78. The maximum absolute atomic E-state index is 12.3. The van der Waals surface area contributed by atoms with Gasteiger partial charge in [0.25, 0.3) is 5.91 Å². The molecule has 2 aromatic heterocycles. The van der Waals surface area contributed by atoms with Crippen molar-refractivity contribution in [3.63, 3.8) is 0 Å². The first-order valence-corrected chi connectivity index (χ1v) is 8.17. The van der Waals surface area contributed by atoms with Crippen molar-refractivity contribution in [1.29, 1.82) is 0 Å². The molecule has 0 fully saturated rings. The second-order valence-corrected chi connectivity index (χ2v) is 5.43. The zero-order valence-corrected chi connectivity index (χ0v) is 14.7. The molecule has 0 aliphatic carbocycles. The number of hydrogen-bond donors (Lipinski definition) is 2. The SMILES string of the molecule is CCOC(=O)c1ccccc1Nc1nccc(C(=O)Nc2cc(C)on2)n1. The van der Waals surface area contributed by atoms with Crippen LogP contribution in [0.5, 0.6) is 0 Å². The Morgan fingerprint density at radius 3 is 2.78 bits per heavy atom. The number of amides is 1. The first-order chi connectivity index (χ1) is 13.1. The van der Waals surface area contributed by atoms with E-state index in [9.17, 15) is 9.59 Å². The van der Waals surface area contributed by atoms with Gasteiger partial charge in [-0.3, -0.25) is 4.79 Å². The molecular weight excluding hydrogens is 350 g/mol. The quantitative estimate of drug-likeness (QED) is 0.638. The van der Waals surface area contributed by atoms with Gasteiger partial charge in [-0.25, -0.2) is 14.8 Å². The van der Waals surface area contributed by atoms with Gasteiger partial charge >= 0.3 is 5.97 Å². The van der Waals surface area contributed by atoms with Crippen LogP contribution >= 0.6 is 0 Å². The summed E-state index contributed by atoms with van der Waals surface area (Å²) in [4.78, 5) is 32.6. The maximum Gasteiger partial charge on any atom is 0.340 e. The number of aryl methyl sites for hydroxylation is 1. The molecule has 3 aromatic rings. The number of aromatic nitrogens is 3. The number of carbonyl (C=O) groups excluding carboxylic acids is 2. The van der Waals surface area contributed by atoms with E-state index in [1.165, 1.54) is 12.3 Å². The monoisotopic (exact) mass is 367 g/mol. The van der Waals surface area contributed by atoms with Crippen LogP contribution in [-0.4, -0.2) is 33.6 Å². The van der Waals surface area contributed by atoms with Gasteiger partial charge in [0.1, 0.15) is 11.5 Å². The van der Waals surface area contributed by atoms with Crippen LogP contribution in [-0.2, 0) is 4.74 Å². The van der Waals surface area contributed by atoms with Crippen molar-refractivity contribution in [2.24, 2.45) is 0 Å². The van der Waals surface area contributed by atoms with Crippen molar-refractivity contribution in [3.8, 4) is 0 Å². The van der Waals surface area contributed by atoms with Gasteiger partial charge in [0.05, 0.1) is 17.9 Å². The molecule has 0 aliphatic heterocycles. The topological polar surface area (TPSA) is 119 Å². The van der Waals surface area contributed by atoms with Gasteiger partial charge in [-0.1, -0.05) is 17.3 Å². The summed E-state index contributed by atoms with van der Waals surface area (Å²) in [5, 5.41) is 9.22. The molecule has 9 nitrogen and oxygen atoms in total. The summed E-state index contributed by atoms with van der Waals surface area (Å²) < 4.78 is 9.94. The minimum Gasteiger partial charge on any atom is -0.462 e. The van der Waals surface area contributed by atoms with E-state index in [1.807, 2.05) is 0 Å². The number of ether oxygens (including phenoxy) is 1. The van der Waals surface area contributed by atoms with Gasteiger partial charge in [-0.15, -0.1) is 0 Å². The van der Waals surface area contributed by atoms with Crippen molar-refractivity contribution in [1.82, 2.24) is 15.1 Å². The predicted octanol–water partition coefficient (Wildman–Crippen LogP) is 2.95. The summed E-state index contributed by atoms with van der Waals surface area (Å²) in [5.41, 5.74) is 0.943. The van der Waals surface area contributed by atoms with Crippen LogP contribution in [0.15, 0.2) is 47.1 Å². The Bertz CT molecular complexity index is 970. The van der Waals surface area contributed by atoms with Crippen LogP contribution in [0.3, 0.4) is 0 Å². The van der Waals surface area contributed by atoms with Crippen LogP contribution in [0, 0.1) is 6.92 Å². The van der Waals surface area contributed by atoms with Gasteiger partial charge in [-0.05, 0) is 32.0 Å². The lowest BCUT2D eigenvalue weighted by molar-refractivity contribution is 0.0527. The summed E-state index contributed by atoms with van der Waals surface area (Å²) in [7, 11) is 0. The van der Waals surface area contributed by atoms with E-state index in [-0.39, 0.29) is 18.2 Å². The molecule has 0 aliphatic rings. The highest BCUT2D eigenvalue weighted by Crippen LogP contribution is 2.20. The number of anilines is 3. The molecule has 1 amide bonds. The molecule has 1 aromatic carbocycles. The number of rotatable bonds is 6. The third-order valence-electron chi connectivity index (χ3n) is 3.43. The number of benzene rings is 1. The lowest BCUT2D eigenvalue weighted by atomic mass is 10.2. The molecule has 2 N–H and O–H groups in total. The number of nitrogens with one attached hydrogen (secondary N) is 2. The van der Waals surface area contributed by atoms with Gasteiger partial charge in [0.15, 0.2) is 5.82 Å². The summed E-state index contributed by atoms with van der Waals surface area (Å²) in [5.74, 6) is 0.100. The van der Waals surface area contributed by atoms with E-state index in [2.05, 4.69) is 25.8 Å². The van der Waals surface area contributed by atoms with Crippen LogP contribution in [0.1, 0.15) is 33.5 Å². The predicted molar refractivity (Wildman–Crippen MR) is 96.9 cm³/mol. The highest BCUT2D eigenvalue weighted by molar-refractivity contribution is 6.02. The molecule has 9 heteroatoms. The van der Waals surface area contributed by atoms with Crippen LogP contribution in [0.25, 0.3) is 0 Å². The molecule has 0 bridgehead atoms. The fourth-order valence-corrected chi connectivity index (χ4v) is 2.25. The number of nitrogens with zero attached hydrogens (tertiary/aromatic N) is 3. The minimum absolute atomic E-state index is 0.127. The highest BCUT2D eigenvalue weighted by atomic mass is 16.5. The van der Waals surface area contributed by atoms with Gasteiger partial charge in [0.2, 0.25) is 5.95 Å². The Morgan fingerprint density at radius 2 is 2.04 bits per heavy atom. The average molecular weight is 367 g/mol. The normalized spacial score (nSPS) is 10.3. The van der Waals surface area contributed by atoms with Crippen molar-refractivity contribution >= 4 is 29.3 Å². The first kappa shape index (κ1) is 18.1. The van der Waals surface area contributed by atoms with Crippen LogP contribution in [0.4, 0.5) is 17.5 Å². The largest absolute Gasteiger partial charge is 0.462 e. The second kappa shape index (κ2) is 8.09. The zero-order chi connectivity index (χ0) is 19.2. The van der Waals surface area contributed by atoms with Crippen LogP contribution < -0.4 is 10.6 Å². The molecule has 138 valence electrons. The smallest absolute Gasteiger partial charge is 0.340 e. The van der Waals surface area contributed by atoms with Crippen molar-refractivity contribution < 1.29 is 18.8 Å². The van der Waals surface area contributed by atoms with E-state index in [0.717, 1.165) is 0 Å². The molecule has 27 heavy (non-hydrogen) atoms. The van der Waals surface area contributed by atoms with Crippen molar-refractivity contribution in [2.75, 3.05) is 17.2 Å². The molecule has 0 atom stereocenters. The Morgan fingerprint density at radius 1 is 1.22 bits per heavy atom. The summed E-state index contributed by atoms with van der Waals surface area (Å²) >= 11 is 0. The molecule has 0 spiro atoms. The molecule has 0 unspecified atom stereocenters. The lowest BCUT2D eigenvalue weighted by Crippen LogP contribution is -2.15. The number of carbonyl (C=O) groups is 2. The second-order valence-electron chi connectivity index (χ2n) is 5.43. The van der Waals surface area contributed by atoms with Gasteiger partial charge in [-0.2, -0.15) is 0 Å². The summed E-state index contributed by atoms with van der Waals surface area (Å²) in [6.07, 6.45) is 1.44. The summed E-state index contributed by atoms with van der Waals surface area (Å²) in [6.45, 7) is 3.71. The van der Waals surface area contributed by atoms with E-state index in [4.69, 9.17) is 9.26 Å². The van der Waals surface area contributed by atoms with Gasteiger partial charge < -0.3 is 19.9 Å². The Hall–Kier alpha value is -3.75. The minimum atomic E-state index is -0.465. The van der Waals surface area contributed by atoms with Crippen molar-refractivity contribution in [2.45, 2.75) is 13.8 Å². The third kappa shape index (κ3) is 4.46. The standard InChI is InChI=1S/C18H17N5O4/c1-3-26-17(25)12-6-4-5-7-13(12)20-18-19-9-8-14(21-18)16(24)22-15-10-11(2)27-23-15/h4-10H,3H2,1-2H3,(H,19,20,21)(H,22,23,24). The number of esters is 1. The molecule has 0 radical (unpaired) electrons. The summed E-state index contributed by atoms with van der Waals surface area (Å²) in [6, 6.07) is 9.86. The van der Waals surface area contributed by atoms with E-state index in [1.54, 1.807) is 44.2 Å². The highest BCUT2D eigenvalue weighted by Gasteiger charge is 2.15. The van der Waals surface area contributed by atoms with E-state index < -0.39 is 11.9 Å². The molecule has 0 saturated heterocycles. The van der Waals surface area contributed by atoms with E-state index >= 15 is 0 Å². The van der Waals surface area contributed by atoms with E-state index in [0.29, 0.717) is 22.8 Å². The van der Waals surface area contributed by atoms with Gasteiger partial charge in [0, 0.05) is 12.3 Å². The fraction of sp³-hybridized carbons (Fsp3) is 0.167. The zero-order valence-electron chi connectivity index (χ0n) is 14.7. The molecule has 2 heterocycles. The number of hydrogen-bond acceptors (Lipinski definition) is 8. The van der Waals surface area contributed by atoms with Crippen molar-refractivity contribution in [3.05, 3.63) is 59.6 Å². The Kier molecular flexibility index (Phi) is 5.41. The third-order valence-corrected chi connectivity index (χ3v) is 3.43. The molecule has 0 saturated carbocycles. The molecule has 3 rings (SSSR count). The molecular formula is C18H17N5O4. The maximum atomic E-state index is 12.3. The number of para-hydroxylation sites is 1. The average Bonchev–Trinajstić information content (AvgIpc) is 3.07.